The summed E-state index contributed by atoms with van der Waals surface area (Å²) in [5.41, 5.74) is 0.524. The van der Waals surface area contributed by atoms with Gasteiger partial charge < -0.3 is 14.8 Å². The summed E-state index contributed by atoms with van der Waals surface area (Å²) in [7, 11) is -3.22. The predicted octanol–water partition coefficient (Wildman–Crippen LogP) is 0.875. The van der Waals surface area contributed by atoms with E-state index in [0.717, 1.165) is 23.3 Å². The fourth-order valence-corrected chi connectivity index (χ4v) is 3.33. The first kappa shape index (κ1) is 16.1. The van der Waals surface area contributed by atoms with E-state index in [-0.39, 0.29) is 0 Å². The first-order chi connectivity index (χ1) is 9.75. The van der Waals surface area contributed by atoms with Gasteiger partial charge in [0.05, 0.1) is 6.26 Å². The molecule has 21 heavy (non-hydrogen) atoms. The first-order valence-electron chi connectivity index (χ1n) is 6.83. The zero-order valence-corrected chi connectivity index (χ0v) is 13.4. The third-order valence-electron chi connectivity index (χ3n) is 2.96. The lowest BCUT2D eigenvalue weighted by Gasteiger charge is -2.25. The first-order valence-corrected chi connectivity index (χ1v) is 8.72. The second kappa shape index (κ2) is 6.21. The molecular weight excluding hydrogens is 292 g/mol. The van der Waals surface area contributed by atoms with Crippen LogP contribution in [0.4, 0.5) is 0 Å². The highest BCUT2D eigenvalue weighted by molar-refractivity contribution is 7.88. The van der Waals surface area contributed by atoms with E-state index in [2.05, 4.69) is 10.0 Å². The number of ether oxygens (including phenoxy) is 2. The molecule has 2 N–H and O–H groups in total. The molecule has 0 spiro atoms. The monoisotopic (exact) mass is 314 g/mol. The van der Waals surface area contributed by atoms with Crippen LogP contribution in [0.3, 0.4) is 0 Å². The molecule has 2 rings (SSSR count). The molecule has 0 fully saturated rings. The third-order valence-corrected chi connectivity index (χ3v) is 3.89. The van der Waals surface area contributed by atoms with Crippen LogP contribution in [0.2, 0.25) is 0 Å². The number of fused-ring (bicyclic) bond motifs is 1. The lowest BCUT2D eigenvalue weighted by Crippen LogP contribution is -2.49. The van der Waals surface area contributed by atoms with E-state index in [0.29, 0.717) is 26.3 Å². The van der Waals surface area contributed by atoms with Crippen LogP contribution in [0.15, 0.2) is 18.2 Å². The molecule has 118 valence electrons. The number of benzene rings is 1. The highest BCUT2D eigenvalue weighted by atomic mass is 32.2. The van der Waals surface area contributed by atoms with Crippen LogP contribution in [0.25, 0.3) is 0 Å². The Morgan fingerprint density at radius 3 is 2.52 bits per heavy atom. The lowest BCUT2D eigenvalue weighted by molar-refractivity contribution is 0.171. The number of hydrogen-bond acceptors (Lipinski definition) is 5. The van der Waals surface area contributed by atoms with Crippen LogP contribution < -0.4 is 19.5 Å². The van der Waals surface area contributed by atoms with E-state index in [1.807, 2.05) is 32.0 Å². The Hall–Kier alpha value is -1.31. The Morgan fingerprint density at radius 2 is 1.86 bits per heavy atom. The van der Waals surface area contributed by atoms with Crippen LogP contribution in [0.5, 0.6) is 11.5 Å². The van der Waals surface area contributed by atoms with Crippen LogP contribution >= 0.6 is 0 Å². The Labute approximate surface area is 125 Å². The molecule has 0 amide bonds. The number of rotatable bonds is 6. The van der Waals surface area contributed by atoms with Crippen LogP contribution in [0.1, 0.15) is 19.4 Å². The van der Waals surface area contributed by atoms with Gasteiger partial charge in [0.1, 0.15) is 13.2 Å². The maximum absolute atomic E-state index is 11.3. The van der Waals surface area contributed by atoms with E-state index < -0.39 is 15.6 Å². The zero-order chi connectivity index (χ0) is 15.5. The fraction of sp³-hybridized carbons (Fsp3) is 0.571. The molecule has 1 aromatic carbocycles. The van der Waals surface area contributed by atoms with Gasteiger partial charge in [0.25, 0.3) is 0 Å². The maximum Gasteiger partial charge on any atom is 0.209 e. The zero-order valence-electron chi connectivity index (χ0n) is 12.6. The molecule has 1 aliphatic heterocycles. The molecule has 7 heteroatoms. The van der Waals surface area contributed by atoms with Crippen molar-refractivity contribution in [3.63, 3.8) is 0 Å². The minimum absolute atomic E-state index is 0.522. The van der Waals surface area contributed by atoms with Crippen LogP contribution in [-0.2, 0) is 16.6 Å². The van der Waals surface area contributed by atoms with Gasteiger partial charge in [-0.05, 0) is 31.5 Å². The number of sulfonamides is 1. The van der Waals surface area contributed by atoms with Crippen molar-refractivity contribution in [1.82, 2.24) is 10.0 Å². The van der Waals surface area contributed by atoms with Gasteiger partial charge in [0.2, 0.25) is 10.0 Å². The molecule has 0 saturated carbocycles. The van der Waals surface area contributed by atoms with E-state index in [9.17, 15) is 8.42 Å². The van der Waals surface area contributed by atoms with Crippen molar-refractivity contribution in [3.05, 3.63) is 23.8 Å². The number of hydrogen-bond donors (Lipinski definition) is 2. The molecule has 0 unspecified atom stereocenters. The molecule has 1 aliphatic rings. The fourth-order valence-electron chi connectivity index (χ4n) is 2.26. The van der Waals surface area contributed by atoms with Crippen molar-refractivity contribution < 1.29 is 17.9 Å². The average Bonchev–Trinajstić information content (AvgIpc) is 2.35. The SMILES string of the molecule is CC(C)(CNCc1ccc2c(c1)OCCO2)NS(C)(=O)=O. The van der Waals surface area contributed by atoms with Gasteiger partial charge in [-0.25, -0.2) is 13.1 Å². The standard InChI is InChI=1S/C14H22N2O4S/c1-14(2,16-21(3,17)18)10-15-9-11-4-5-12-13(8-11)20-7-6-19-12/h4-5,8,15-16H,6-7,9-10H2,1-3H3. The minimum Gasteiger partial charge on any atom is -0.486 e. The summed E-state index contributed by atoms with van der Waals surface area (Å²) in [6.07, 6.45) is 1.16. The van der Waals surface area contributed by atoms with Gasteiger partial charge in [-0.2, -0.15) is 0 Å². The van der Waals surface area contributed by atoms with Crippen molar-refractivity contribution >= 4 is 10.0 Å². The van der Waals surface area contributed by atoms with Crippen molar-refractivity contribution in [1.29, 1.82) is 0 Å². The van der Waals surface area contributed by atoms with Gasteiger partial charge in [-0.3, -0.25) is 0 Å². The molecule has 6 nitrogen and oxygen atoms in total. The lowest BCUT2D eigenvalue weighted by atomic mass is 10.1. The summed E-state index contributed by atoms with van der Waals surface area (Å²) in [6.45, 7) is 5.97. The van der Waals surface area contributed by atoms with E-state index in [1.165, 1.54) is 0 Å². The van der Waals surface area contributed by atoms with Gasteiger partial charge in [-0.1, -0.05) is 6.07 Å². The minimum atomic E-state index is -3.22. The molecule has 0 saturated heterocycles. The van der Waals surface area contributed by atoms with Crippen molar-refractivity contribution in [2.75, 3.05) is 26.0 Å². The molecule has 0 aromatic heterocycles. The predicted molar refractivity (Wildman–Crippen MR) is 81.2 cm³/mol. The van der Waals surface area contributed by atoms with Crippen molar-refractivity contribution in [3.8, 4) is 11.5 Å². The van der Waals surface area contributed by atoms with Crippen molar-refractivity contribution in [2.24, 2.45) is 0 Å². The maximum atomic E-state index is 11.3. The second-order valence-corrected chi connectivity index (χ2v) is 7.59. The summed E-state index contributed by atoms with van der Waals surface area (Å²) in [4.78, 5) is 0. The Morgan fingerprint density at radius 1 is 1.19 bits per heavy atom. The van der Waals surface area contributed by atoms with Gasteiger partial charge >= 0.3 is 0 Å². The molecule has 0 radical (unpaired) electrons. The largest absolute Gasteiger partial charge is 0.486 e. The average molecular weight is 314 g/mol. The highest BCUT2D eigenvalue weighted by Gasteiger charge is 2.21. The second-order valence-electron chi connectivity index (χ2n) is 5.84. The van der Waals surface area contributed by atoms with Gasteiger partial charge in [-0.15, -0.1) is 0 Å². The Kier molecular flexibility index (Phi) is 4.75. The third kappa shape index (κ3) is 5.18. The molecule has 0 atom stereocenters. The summed E-state index contributed by atoms with van der Waals surface area (Å²) < 4.78 is 36.1. The molecule has 0 bridgehead atoms. The van der Waals surface area contributed by atoms with Gasteiger partial charge in [0, 0.05) is 18.6 Å². The molecule has 1 aromatic rings. The topological polar surface area (TPSA) is 76.7 Å². The summed E-state index contributed by atoms with van der Waals surface area (Å²) in [5, 5.41) is 3.25. The molecular formula is C14H22N2O4S. The Bertz CT molecular complexity index is 599. The quantitative estimate of drug-likeness (QED) is 0.815. The highest BCUT2D eigenvalue weighted by Crippen LogP contribution is 2.30. The van der Waals surface area contributed by atoms with E-state index in [4.69, 9.17) is 9.47 Å². The Balaban J connectivity index is 1.89. The summed E-state index contributed by atoms with van der Waals surface area (Å²) in [6, 6.07) is 5.81. The van der Waals surface area contributed by atoms with Crippen LogP contribution in [0, 0.1) is 0 Å². The summed E-state index contributed by atoms with van der Waals surface area (Å²) in [5.74, 6) is 1.53. The van der Waals surface area contributed by atoms with Gasteiger partial charge in [0.15, 0.2) is 11.5 Å². The molecule has 0 aliphatic carbocycles. The van der Waals surface area contributed by atoms with Crippen LogP contribution in [-0.4, -0.2) is 40.0 Å². The number of nitrogens with one attached hydrogen (secondary N) is 2. The normalized spacial score (nSPS) is 15.0. The molecule has 1 heterocycles. The van der Waals surface area contributed by atoms with E-state index >= 15 is 0 Å². The van der Waals surface area contributed by atoms with Crippen molar-refractivity contribution in [2.45, 2.75) is 25.9 Å². The van der Waals surface area contributed by atoms with E-state index in [1.54, 1.807) is 0 Å². The smallest absolute Gasteiger partial charge is 0.209 e. The summed E-state index contributed by atoms with van der Waals surface area (Å²) >= 11 is 0.